The van der Waals surface area contributed by atoms with Gasteiger partial charge in [-0.05, 0) is 42.8 Å². The molecule has 1 amide bonds. The quantitative estimate of drug-likeness (QED) is 0.251. The molecule has 196 valence electrons. The van der Waals surface area contributed by atoms with Gasteiger partial charge in [-0.25, -0.2) is 14.4 Å². The molecule has 0 aliphatic carbocycles. The summed E-state index contributed by atoms with van der Waals surface area (Å²) >= 11 is 0. The zero-order valence-electron chi connectivity index (χ0n) is 21.0. The largest absolute Gasteiger partial charge is 0.383 e. The van der Waals surface area contributed by atoms with Crippen molar-refractivity contribution in [3.05, 3.63) is 83.3 Å². The molecule has 4 N–H and O–H groups in total. The Kier molecular flexibility index (Phi) is 7.66. The SMILES string of the molecule is CC(NC(=O)c1c[nH]c2ncc(C(=N)c3ccc(F)cc3NCCN3CCOCC3)nc12)c1ccncc1. The Hall–Kier alpha value is -4.22. The minimum absolute atomic E-state index is 0.0750. The molecule has 0 bridgehead atoms. The number of carbonyl (C=O) groups excluding carboxylic acids is 1. The van der Waals surface area contributed by atoms with Crippen LogP contribution in [0, 0.1) is 11.2 Å². The van der Waals surface area contributed by atoms with Gasteiger partial charge in [0.1, 0.15) is 17.0 Å². The van der Waals surface area contributed by atoms with Gasteiger partial charge in [0, 0.05) is 56.0 Å². The third kappa shape index (κ3) is 5.68. The molecule has 1 aliphatic heterocycles. The lowest BCUT2D eigenvalue weighted by molar-refractivity contribution is 0.0398. The normalized spacial score (nSPS) is 14.8. The summed E-state index contributed by atoms with van der Waals surface area (Å²) in [6, 6.07) is 7.70. The van der Waals surface area contributed by atoms with Gasteiger partial charge in [-0.1, -0.05) is 0 Å². The summed E-state index contributed by atoms with van der Waals surface area (Å²) in [4.78, 5) is 31.3. The van der Waals surface area contributed by atoms with E-state index in [1.54, 1.807) is 24.7 Å². The van der Waals surface area contributed by atoms with E-state index in [1.807, 2.05) is 19.1 Å². The Morgan fingerprint density at radius 3 is 2.79 bits per heavy atom. The lowest BCUT2D eigenvalue weighted by atomic mass is 10.0. The Balaban J connectivity index is 1.35. The second kappa shape index (κ2) is 11.4. The van der Waals surface area contributed by atoms with Gasteiger partial charge in [-0.15, -0.1) is 0 Å². The second-order valence-electron chi connectivity index (χ2n) is 9.08. The number of benzene rings is 1. The first-order valence-electron chi connectivity index (χ1n) is 12.5. The highest BCUT2D eigenvalue weighted by atomic mass is 19.1. The fourth-order valence-electron chi connectivity index (χ4n) is 4.39. The fraction of sp³-hybridized carbons (Fsp3) is 0.296. The molecule has 1 atom stereocenters. The van der Waals surface area contributed by atoms with Crippen molar-refractivity contribution in [3.8, 4) is 0 Å². The molecule has 4 aromatic rings. The van der Waals surface area contributed by atoms with E-state index in [1.165, 1.54) is 18.3 Å². The zero-order chi connectivity index (χ0) is 26.5. The molecular weight excluding hydrogens is 487 g/mol. The molecule has 4 heterocycles. The van der Waals surface area contributed by atoms with E-state index in [0.29, 0.717) is 47.7 Å². The summed E-state index contributed by atoms with van der Waals surface area (Å²) < 4.78 is 19.5. The molecule has 3 aromatic heterocycles. The van der Waals surface area contributed by atoms with Crippen molar-refractivity contribution in [3.63, 3.8) is 0 Å². The monoisotopic (exact) mass is 516 g/mol. The van der Waals surface area contributed by atoms with Gasteiger partial charge in [-0.2, -0.15) is 0 Å². The van der Waals surface area contributed by atoms with Gasteiger partial charge in [0.15, 0.2) is 5.65 Å². The average molecular weight is 517 g/mol. The van der Waals surface area contributed by atoms with Crippen LogP contribution < -0.4 is 10.6 Å². The number of ether oxygens (including phenoxy) is 1. The van der Waals surface area contributed by atoms with Crippen LogP contribution in [0.3, 0.4) is 0 Å². The van der Waals surface area contributed by atoms with Gasteiger partial charge >= 0.3 is 0 Å². The molecule has 0 saturated carbocycles. The summed E-state index contributed by atoms with van der Waals surface area (Å²) in [6.07, 6.45) is 6.38. The average Bonchev–Trinajstić information content (AvgIpc) is 3.37. The lowest BCUT2D eigenvalue weighted by Crippen LogP contribution is -2.39. The number of fused-ring (bicyclic) bond motifs is 1. The number of nitrogens with one attached hydrogen (secondary N) is 4. The van der Waals surface area contributed by atoms with E-state index in [2.05, 4.69) is 35.5 Å². The number of H-pyrrole nitrogens is 1. The molecule has 0 spiro atoms. The van der Waals surface area contributed by atoms with Crippen molar-refractivity contribution in [2.75, 3.05) is 44.7 Å². The first-order valence-corrected chi connectivity index (χ1v) is 12.5. The van der Waals surface area contributed by atoms with Crippen molar-refractivity contribution in [1.82, 2.24) is 30.2 Å². The maximum atomic E-state index is 14.1. The van der Waals surface area contributed by atoms with E-state index < -0.39 is 5.82 Å². The fourth-order valence-corrected chi connectivity index (χ4v) is 4.39. The van der Waals surface area contributed by atoms with Crippen molar-refractivity contribution >= 4 is 28.5 Å². The third-order valence-electron chi connectivity index (χ3n) is 6.53. The van der Waals surface area contributed by atoms with Crippen molar-refractivity contribution < 1.29 is 13.9 Å². The van der Waals surface area contributed by atoms with Gasteiger partial charge < -0.3 is 20.4 Å². The Bertz CT molecular complexity index is 1440. The highest BCUT2D eigenvalue weighted by Crippen LogP contribution is 2.22. The minimum Gasteiger partial charge on any atom is -0.383 e. The number of anilines is 1. The molecule has 11 heteroatoms. The van der Waals surface area contributed by atoms with E-state index in [0.717, 1.165) is 25.2 Å². The second-order valence-corrected chi connectivity index (χ2v) is 9.08. The number of aromatic nitrogens is 4. The first kappa shape index (κ1) is 25.4. The molecule has 0 radical (unpaired) electrons. The van der Waals surface area contributed by atoms with E-state index in [-0.39, 0.29) is 23.4 Å². The summed E-state index contributed by atoms with van der Waals surface area (Å²) in [7, 11) is 0. The molecule has 38 heavy (non-hydrogen) atoms. The number of morpholine rings is 1. The molecule has 5 rings (SSSR count). The van der Waals surface area contributed by atoms with Gasteiger partial charge in [0.2, 0.25) is 0 Å². The molecule has 1 fully saturated rings. The number of hydrogen-bond donors (Lipinski definition) is 4. The Labute approximate surface area is 219 Å². The standard InChI is InChI=1S/C27H29FN8O2/c1-17(18-4-6-30-7-5-18)34-27(37)21-15-32-26-25(21)35-23(16-33-26)24(29)20-3-2-19(28)14-22(20)31-8-9-36-10-12-38-13-11-36/h2-7,14-17,29,31H,8-13H2,1H3,(H,32,33)(H,34,37). The topological polar surface area (TPSA) is 132 Å². The van der Waals surface area contributed by atoms with E-state index in [9.17, 15) is 9.18 Å². The van der Waals surface area contributed by atoms with E-state index >= 15 is 0 Å². The molecule has 1 aliphatic rings. The number of pyridine rings is 1. The summed E-state index contributed by atoms with van der Waals surface area (Å²) in [6.45, 7) is 6.38. The number of nitrogens with zero attached hydrogens (tertiary/aromatic N) is 4. The van der Waals surface area contributed by atoms with Crippen LogP contribution in [0.5, 0.6) is 0 Å². The number of hydrogen-bond acceptors (Lipinski definition) is 8. The predicted molar refractivity (Wildman–Crippen MR) is 142 cm³/mol. The van der Waals surface area contributed by atoms with Crippen LogP contribution in [0.25, 0.3) is 11.2 Å². The van der Waals surface area contributed by atoms with Crippen molar-refractivity contribution in [2.24, 2.45) is 0 Å². The molecular formula is C27H29FN8O2. The summed E-state index contributed by atoms with van der Waals surface area (Å²) in [5, 5.41) is 15.1. The lowest BCUT2D eigenvalue weighted by Gasteiger charge is -2.26. The smallest absolute Gasteiger partial charge is 0.255 e. The van der Waals surface area contributed by atoms with Crippen molar-refractivity contribution in [2.45, 2.75) is 13.0 Å². The maximum Gasteiger partial charge on any atom is 0.255 e. The summed E-state index contributed by atoms with van der Waals surface area (Å²) in [5.74, 6) is -0.712. The minimum atomic E-state index is -0.398. The van der Waals surface area contributed by atoms with Crippen LogP contribution in [0.4, 0.5) is 10.1 Å². The van der Waals surface area contributed by atoms with Crippen LogP contribution in [0.15, 0.2) is 55.1 Å². The van der Waals surface area contributed by atoms with Crippen LogP contribution >= 0.6 is 0 Å². The number of carbonyl (C=O) groups is 1. The molecule has 10 nitrogen and oxygen atoms in total. The summed E-state index contributed by atoms with van der Waals surface area (Å²) in [5.41, 5.74) is 3.39. The number of rotatable bonds is 9. The molecule has 1 saturated heterocycles. The molecule has 1 unspecified atom stereocenters. The highest BCUT2D eigenvalue weighted by Gasteiger charge is 2.20. The van der Waals surface area contributed by atoms with Crippen molar-refractivity contribution in [1.29, 1.82) is 5.41 Å². The number of amides is 1. The van der Waals surface area contributed by atoms with Crippen LogP contribution in [0.1, 0.15) is 40.1 Å². The number of aromatic amines is 1. The predicted octanol–water partition coefficient (Wildman–Crippen LogP) is 3.14. The molecule has 1 aromatic carbocycles. The first-order chi connectivity index (χ1) is 18.5. The zero-order valence-corrected chi connectivity index (χ0v) is 21.0. The highest BCUT2D eigenvalue weighted by molar-refractivity contribution is 6.14. The van der Waals surface area contributed by atoms with Crippen LogP contribution in [-0.4, -0.2) is 75.8 Å². The van der Waals surface area contributed by atoms with Gasteiger partial charge in [0.05, 0.1) is 36.7 Å². The van der Waals surface area contributed by atoms with Crippen LogP contribution in [-0.2, 0) is 4.74 Å². The third-order valence-corrected chi connectivity index (χ3v) is 6.53. The Morgan fingerprint density at radius 2 is 2.00 bits per heavy atom. The maximum absolute atomic E-state index is 14.1. The van der Waals surface area contributed by atoms with Gasteiger partial charge in [0.25, 0.3) is 5.91 Å². The Morgan fingerprint density at radius 1 is 1.21 bits per heavy atom. The van der Waals surface area contributed by atoms with Crippen LogP contribution in [0.2, 0.25) is 0 Å². The number of halogens is 1. The van der Waals surface area contributed by atoms with Gasteiger partial charge in [-0.3, -0.25) is 20.1 Å². The van der Waals surface area contributed by atoms with E-state index in [4.69, 9.17) is 10.1 Å².